The average Bonchev–Trinajstić information content (AvgIpc) is 2.71. The molecule has 1 aromatic carbocycles. The predicted octanol–water partition coefficient (Wildman–Crippen LogP) is 2.03. The lowest BCUT2D eigenvalue weighted by molar-refractivity contribution is -0.00911. The maximum atomic E-state index is 12.6. The SMILES string of the molecule is CCN(CC)CC1CN2CCC1CC2CNS(=O)(=O)c1ccc(OC)cc1. The molecule has 3 saturated heterocycles. The summed E-state index contributed by atoms with van der Waals surface area (Å²) in [6.07, 6.45) is 2.34. The summed E-state index contributed by atoms with van der Waals surface area (Å²) in [6, 6.07) is 6.85. The van der Waals surface area contributed by atoms with Gasteiger partial charge < -0.3 is 9.64 Å². The lowest BCUT2D eigenvalue weighted by Gasteiger charge is -2.50. The van der Waals surface area contributed by atoms with E-state index in [4.69, 9.17) is 4.74 Å². The molecular weight excluding hydrogens is 362 g/mol. The lowest BCUT2D eigenvalue weighted by Crippen LogP contribution is -2.58. The summed E-state index contributed by atoms with van der Waals surface area (Å²) in [5, 5.41) is 0. The molecule has 1 aromatic rings. The van der Waals surface area contributed by atoms with E-state index in [0.717, 1.165) is 32.6 Å². The Morgan fingerprint density at radius 2 is 1.93 bits per heavy atom. The first kappa shape index (κ1) is 20.6. The Labute approximate surface area is 163 Å². The van der Waals surface area contributed by atoms with Crippen LogP contribution < -0.4 is 9.46 Å². The number of hydrogen-bond donors (Lipinski definition) is 1. The number of sulfonamides is 1. The summed E-state index contributed by atoms with van der Waals surface area (Å²) in [5.74, 6) is 2.09. The first-order valence-electron chi connectivity index (χ1n) is 10.1. The van der Waals surface area contributed by atoms with Crippen LogP contribution >= 0.6 is 0 Å². The van der Waals surface area contributed by atoms with Crippen molar-refractivity contribution in [1.29, 1.82) is 0 Å². The average molecular weight is 396 g/mol. The minimum Gasteiger partial charge on any atom is -0.497 e. The van der Waals surface area contributed by atoms with Crippen molar-refractivity contribution < 1.29 is 13.2 Å². The van der Waals surface area contributed by atoms with Gasteiger partial charge in [0.25, 0.3) is 0 Å². The third kappa shape index (κ3) is 4.83. The van der Waals surface area contributed by atoms with E-state index >= 15 is 0 Å². The van der Waals surface area contributed by atoms with E-state index in [1.807, 2.05) is 0 Å². The van der Waals surface area contributed by atoms with Crippen molar-refractivity contribution in [2.45, 2.75) is 37.6 Å². The van der Waals surface area contributed by atoms with Gasteiger partial charge in [0.05, 0.1) is 12.0 Å². The Bertz CT molecular complexity index is 704. The molecular formula is C20H33N3O3S. The Hall–Kier alpha value is -1.15. The minimum absolute atomic E-state index is 0.290. The summed E-state index contributed by atoms with van der Waals surface area (Å²) in [7, 11) is -1.91. The third-order valence-corrected chi connectivity index (χ3v) is 7.72. The minimum atomic E-state index is -3.48. The first-order chi connectivity index (χ1) is 13.0. The second kappa shape index (κ2) is 8.90. The van der Waals surface area contributed by atoms with E-state index in [0.29, 0.717) is 35.1 Å². The molecule has 4 atom stereocenters. The van der Waals surface area contributed by atoms with Crippen LogP contribution in [0.1, 0.15) is 26.7 Å². The zero-order valence-electron chi connectivity index (χ0n) is 16.7. The Morgan fingerprint density at radius 1 is 1.22 bits per heavy atom. The number of nitrogens with zero attached hydrogens (tertiary/aromatic N) is 2. The van der Waals surface area contributed by atoms with Gasteiger partial charge in [-0.1, -0.05) is 13.8 Å². The fourth-order valence-corrected chi connectivity index (χ4v) is 5.60. The van der Waals surface area contributed by atoms with Gasteiger partial charge in [-0.3, -0.25) is 4.90 Å². The van der Waals surface area contributed by atoms with Crippen LogP contribution in [0.2, 0.25) is 0 Å². The van der Waals surface area contributed by atoms with E-state index in [1.54, 1.807) is 31.4 Å². The molecule has 4 rings (SSSR count). The van der Waals surface area contributed by atoms with Gasteiger partial charge in [0, 0.05) is 25.7 Å². The summed E-state index contributed by atoms with van der Waals surface area (Å²) < 4.78 is 33.1. The second-order valence-corrected chi connectivity index (χ2v) is 9.47. The number of nitrogens with one attached hydrogen (secondary N) is 1. The van der Waals surface area contributed by atoms with Gasteiger partial charge in [-0.05, 0) is 68.6 Å². The molecule has 3 aliphatic rings. The number of methoxy groups -OCH3 is 1. The number of hydrogen-bond acceptors (Lipinski definition) is 5. The van der Waals surface area contributed by atoms with Gasteiger partial charge in [-0.15, -0.1) is 0 Å². The molecule has 0 aromatic heterocycles. The second-order valence-electron chi connectivity index (χ2n) is 7.71. The van der Waals surface area contributed by atoms with Gasteiger partial charge in [-0.25, -0.2) is 13.1 Å². The Balaban J connectivity index is 1.56. The topological polar surface area (TPSA) is 61.9 Å². The maximum Gasteiger partial charge on any atom is 0.240 e. The summed E-state index contributed by atoms with van der Waals surface area (Å²) in [5.41, 5.74) is 0. The van der Waals surface area contributed by atoms with Crippen LogP contribution in [0.5, 0.6) is 5.75 Å². The van der Waals surface area contributed by atoms with E-state index in [2.05, 4.69) is 28.4 Å². The quantitative estimate of drug-likeness (QED) is 0.693. The molecule has 0 amide bonds. The van der Waals surface area contributed by atoms with Crippen LogP contribution in [-0.2, 0) is 10.0 Å². The number of fused-ring (bicyclic) bond motifs is 3. The molecule has 0 radical (unpaired) electrons. The van der Waals surface area contributed by atoms with Crippen LogP contribution in [0.3, 0.4) is 0 Å². The monoisotopic (exact) mass is 395 g/mol. The molecule has 0 saturated carbocycles. The van der Waals surface area contributed by atoms with Crippen LogP contribution in [0.15, 0.2) is 29.2 Å². The van der Waals surface area contributed by atoms with Gasteiger partial charge in [-0.2, -0.15) is 0 Å². The smallest absolute Gasteiger partial charge is 0.240 e. The predicted molar refractivity (Wildman–Crippen MR) is 108 cm³/mol. The summed E-state index contributed by atoms with van der Waals surface area (Å²) in [4.78, 5) is 5.29. The van der Waals surface area contributed by atoms with E-state index < -0.39 is 10.0 Å². The van der Waals surface area contributed by atoms with Gasteiger partial charge in [0.1, 0.15) is 5.75 Å². The number of benzene rings is 1. The zero-order chi connectivity index (χ0) is 19.4. The Morgan fingerprint density at radius 3 is 2.48 bits per heavy atom. The fraction of sp³-hybridized carbons (Fsp3) is 0.700. The number of rotatable bonds is 9. The highest BCUT2D eigenvalue weighted by Crippen LogP contribution is 2.36. The van der Waals surface area contributed by atoms with Crippen LogP contribution in [0, 0.1) is 11.8 Å². The van der Waals surface area contributed by atoms with Gasteiger partial charge >= 0.3 is 0 Å². The van der Waals surface area contributed by atoms with Gasteiger partial charge in [0.15, 0.2) is 0 Å². The standard InChI is InChI=1S/C20H33N3O3S/c1-4-22(5-2)14-17-15-23-11-10-16(17)12-18(23)13-21-27(24,25)20-8-6-19(26-3)7-9-20/h6-9,16-18,21H,4-5,10-15H2,1-3H3. The van der Waals surface area contributed by atoms with Crippen molar-refractivity contribution in [3.05, 3.63) is 24.3 Å². The molecule has 7 heteroatoms. The van der Waals surface area contributed by atoms with Crippen LogP contribution in [0.4, 0.5) is 0 Å². The van der Waals surface area contributed by atoms with Crippen molar-refractivity contribution in [1.82, 2.24) is 14.5 Å². The van der Waals surface area contributed by atoms with Gasteiger partial charge in [0.2, 0.25) is 10.0 Å². The molecule has 1 N–H and O–H groups in total. The number of ether oxygens (including phenoxy) is 1. The van der Waals surface area contributed by atoms with Crippen LogP contribution in [0.25, 0.3) is 0 Å². The molecule has 4 unspecified atom stereocenters. The molecule has 3 aliphatic heterocycles. The molecule has 27 heavy (non-hydrogen) atoms. The number of piperidine rings is 3. The molecule has 3 fully saturated rings. The van der Waals surface area contributed by atoms with Crippen molar-refractivity contribution in [2.75, 3.05) is 46.4 Å². The highest BCUT2D eigenvalue weighted by molar-refractivity contribution is 7.89. The summed E-state index contributed by atoms with van der Waals surface area (Å²) >= 11 is 0. The first-order valence-corrected chi connectivity index (χ1v) is 11.5. The van der Waals surface area contributed by atoms with Crippen molar-refractivity contribution in [2.24, 2.45) is 11.8 Å². The van der Waals surface area contributed by atoms with Crippen molar-refractivity contribution >= 4 is 10.0 Å². The highest BCUT2D eigenvalue weighted by atomic mass is 32.2. The van der Waals surface area contributed by atoms with E-state index in [1.165, 1.54) is 13.0 Å². The largest absolute Gasteiger partial charge is 0.497 e. The molecule has 152 valence electrons. The zero-order valence-corrected chi connectivity index (χ0v) is 17.5. The maximum absolute atomic E-state index is 12.6. The van der Waals surface area contributed by atoms with E-state index in [-0.39, 0.29) is 0 Å². The molecule has 0 spiro atoms. The normalized spacial score (nSPS) is 27.9. The molecule has 2 bridgehead atoms. The third-order valence-electron chi connectivity index (χ3n) is 6.28. The molecule has 0 aliphatic carbocycles. The molecule has 3 heterocycles. The fourth-order valence-electron chi connectivity index (χ4n) is 4.53. The van der Waals surface area contributed by atoms with Crippen molar-refractivity contribution in [3.63, 3.8) is 0 Å². The van der Waals surface area contributed by atoms with E-state index in [9.17, 15) is 8.42 Å². The Kier molecular flexibility index (Phi) is 6.78. The van der Waals surface area contributed by atoms with Crippen LogP contribution in [-0.4, -0.2) is 70.6 Å². The summed E-state index contributed by atoms with van der Waals surface area (Å²) in [6.45, 7) is 10.5. The molecule has 6 nitrogen and oxygen atoms in total. The highest BCUT2D eigenvalue weighted by Gasteiger charge is 2.40. The lowest BCUT2D eigenvalue weighted by atomic mass is 9.75. The van der Waals surface area contributed by atoms with Crippen molar-refractivity contribution in [3.8, 4) is 5.75 Å².